The standard InChI is InChI=1S/C20H37N5O9.C2H6/c1-16(26)12-22-18(28)14-24-20(30)15-25-19(29)13-23-17(27)2-4-31-6-8-33-10-11-34-9-7-32-5-3-21;1-2/h2-15,21H2,1H3,(H,22,28)(H,23,27)(H,24,30)(H,25,29);1-2H3. The lowest BCUT2D eigenvalue weighted by molar-refractivity contribution is -0.129. The minimum atomic E-state index is -0.587. The minimum absolute atomic E-state index is 0.0645. The normalized spacial score (nSPS) is 10.0. The Hall–Kier alpha value is -2.65. The molecule has 0 atom stereocenters. The third-order valence-electron chi connectivity index (χ3n) is 3.72. The Kier molecular flexibility index (Phi) is 26.6. The SMILES string of the molecule is CC.CC(=O)CNC(=O)CNC(=O)CNC(=O)CNC(=O)CCOCCOCCOCCOCCN. The summed E-state index contributed by atoms with van der Waals surface area (Å²) in [6.45, 7) is 7.88. The van der Waals surface area contributed by atoms with Crippen molar-refractivity contribution >= 4 is 29.4 Å². The van der Waals surface area contributed by atoms with Crippen LogP contribution in [0.5, 0.6) is 0 Å². The van der Waals surface area contributed by atoms with Crippen LogP contribution in [-0.4, -0.2) is 115 Å². The maximum Gasteiger partial charge on any atom is 0.239 e. The highest BCUT2D eigenvalue weighted by Crippen LogP contribution is 1.86. The first-order valence-electron chi connectivity index (χ1n) is 11.9. The molecular formula is C22H43N5O9. The number of ketones is 1. The Morgan fingerprint density at radius 3 is 1.25 bits per heavy atom. The summed E-state index contributed by atoms with van der Waals surface area (Å²) >= 11 is 0. The first kappa shape index (κ1) is 35.5. The Balaban J connectivity index is 0. The lowest BCUT2D eigenvalue weighted by atomic mass is 10.4. The summed E-state index contributed by atoms with van der Waals surface area (Å²) in [4.78, 5) is 57.0. The molecule has 14 heteroatoms. The van der Waals surface area contributed by atoms with Gasteiger partial charge in [-0.2, -0.15) is 0 Å². The molecule has 0 aliphatic rings. The topological polar surface area (TPSA) is 196 Å². The highest BCUT2D eigenvalue weighted by atomic mass is 16.6. The molecule has 6 N–H and O–H groups in total. The van der Waals surface area contributed by atoms with Crippen molar-refractivity contribution in [2.45, 2.75) is 27.2 Å². The van der Waals surface area contributed by atoms with E-state index in [9.17, 15) is 24.0 Å². The molecule has 0 aliphatic heterocycles. The van der Waals surface area contributed by atoms with E-state index in [1.807, 2.05) is 13.8 Å². The van der Waals surface area contributed by atoms with Gasteiger partial charge in [-0.3, -0.25) is 24.0 Å². The molecule has 0 heterocycles. The molecule has 0 fully saturated rings. The highest BCUT2D eigenvalue weighted by Gasteiger charge is 2.09. The molecule has 0 aliphatic carbocycles. The number of nitrogens with two attached hydrogens (primary N) is 1. The first-order chi connectivity index (χ1) is 17.3. The van der Waals surface area contributed by atoms with Gasteiger partial charge in [0.15, 0.2) is 0 Å². The average molecular weight is 522 g/mol. The number of ether oxygens (including phenoxy) is 4. The van der Waals surface area contributed by atoms with E-state index in [2.05, 4.69) is 21.3 Å². The molecule has 0 spiro atoms. The number of amides is 4. The van der Waals surface area contributed by atoms with Crippen LogP contribution in [-0.2, 0) is 42.9 Å². The molecule has 0 rings (SSSR count). The molecular weight excluding hydrogens is 478 g/mol. The molecule has 0 unspecified atom stereocenters. The van der Waals surface area contributed by atoms with Crippen molar-refractivity contribution in [3.05, 3.63) is 0 Å². The van der Waals surface area contributed by atoms with Crippen LogP contribution >= 0.6 is 0 Å². The van der Waals surface area contributed by atoms with Crippen molar-refractivity contribution in [3.63, 3.8) is 0 Å². The van der Waals surface area contributed by atoms with Crippen molar-refractivity contribution in [1.82, 2.24) is 21.3 Å². The van der Waals surface area contributed by atoms with Crippen molar-refractivity contribution in [2.75, 3.05) is 85.6 Å². The van der Waals surface area contributed by atoms with Gasteiger partial charge in [0.1, 0.15) is 5.78 Å². The number of carbonyl (C=O) groups is 5. The predicted octanol–water partition coefficient (Wildman–Crippen LogP) is -2.52. The molecule has 210 valence electrons. The van der Waals surface area contributed by atoms with Crippen molar-refractivity contribution in [3.8, 4) is 0 Å². The van der Waals surface area contributed by atoms with Gasteiger partial charge in [-0.1, -0.05) is 13.8 Å². The second-order valence-electron chi connectivity index (χ2n) is 6.80. The van der Waals surface area contributed by atoms with Crippen LogP contribution in [0.1, 0.15) is 27.2 Å². The average Bonchev–Trinajstić information content (AvgIpc) is 2.87. The molecule has 14 nitrogen and oxygen atoms in total. The number of nitrogens with one attached hydrogen (secondary N) is 4. The zero-order valence-corrected chi connectivity index (χ0v) is 21.7. The van der Waals surface area contributed by atoms with Gasteiger partial charge in [0.05, 0.1) is 79.0 Å². The largest absolute Gasteiger partial charge is 0.379 e. The van der Waals surface area contributed by atoms with Crippen LogP contribution in [0.2, 0.25) is 0 Å². The second kappa shape index (κ2) is 26.9. The number of hydrogen-bond donors (Lipinski definition) is 5. The van der Waals surface area contributed by atoms with Gasteiger partial charge in [-0.15, -0.1) is 0 Å². The van der Waals surface area contributed by atoms with Crippen LogP contribution in [0, 0.1) is 0 Å². The van der Waals surface area contributed by atoms with E-state index >= 15 is 0 Å². The van der Waals surface area contributed by atoms with Gasteiger partial charge < -0.3 is 45.9 Å². The fraction of sp³-hybridized carbons (Fsp3) is 0.773. The second-order valence-corrected chi connectivity index (χ2v) is 6.80. The maximum absolute atomic E-state index is 11.7. The Bertz CT molecular complexity index is 621. The fourth-order valence-electron chi connectivity index (χ4n) is 2.05. The van der Waals surface area contributed by atoms with E-state index < -0.39 is 17.7 Å². The third-order valence-corrected chi connectivity index (χ3v) is 3.72. The zero-order valence-electron chi connectivity index (χ0n) is 21.7. The zero-order chi connectivity index (χ0) is 27.4. The van der Waals surface area contributed by atoms with Crippen LogP contribution < -0.4 is 27.0 Å². The molecule has 0 aromatic heterocycles. The van der Waals surface area contributed by atoms with Crippen LogP contribution in [0.15, 0.2) is 0 Å². The first-order valence-corrected chi connectivity index (χ1v) is 11.9. The Morgan fingerprint density at radius 1 is 0.528 bits per heavy atom. The van der Waals surface area contributed by atoms with E-state index in [1.54, 1.807) is 0 Å². The van der Waals surface area contributed by atoms with Gasteiger partial charge in [0.2, 0.25) is 23.6 Å². The van der Waals surface area contributed by atoms with Gasteiger partial charge in [0.25, 0.3) is 0 Å². The summed E-state index contributed by atoms with van der Waals surface area (Å²) in [6.07, 6.45) is 0.0645. The smallest absolute Gasteiger partial charge is 0.239 e. The third kappa shape index (κ3) is 27.6. The predicted molar refractivity (Wildman–Crippen MR) is 131 cm³/mol. The summed E-state index contributed by atoms with van der Waals surface area (Å²) in [5.41, 5.74) is 5.29. The monoisotopic (exact) mass is 521 g/mol. The highest BCUT2D eigenvalue weighted by molar-refractivity contribution is 5.90. The van der Waals surface area contributed by atoms with E-state index in [4.69, 9.17) is 24.7 Å². The number of carbonyl (C=O) groups excluding carboxylic acids is 5. The summed E-state index contributed by atoms with van der Waals surface area (Å²) in [5, 5.41) is 9.31. The molecule has 4 amide bonds. The molecule has 36 heavy (non-hydrogen) atoms. The quantitative estimate of drug-likeness (QED) is 0.0948. The molecule has 0 bridgehead atoms. The van der Waals surface area contributed by atoms with E-state index in [-0.39, 0.29) is 50.9 Å². The van der Waals surface area contributed by atoms with Crippen LogP contribution in [0.3, 0.4) is 0 Å². The van der Waals surface area contributed by atoms with E-state index in [1.165, 1.54) is 6.92 Å². The Morgan fingerprint density at radius 2 is 0.861 bits per heavy atom. The van der Waals surface area contributed by atoms with Crippen LogP contribution in [0.25, 0.3) is 0 Å². The minimum Gasteiger partial charge on any atom is -0.379 e. The summed E-state index contributed by atoms with van der Waals surface area (Å²) in [7, 11) is 0. The fourth-order valence-corrected chi connectivity index (χ4v) is 2.05. The molecule has 0 aromatic carbocycles. The molecule has 0 saturated carbocycles. The van der Waals surface area contributed by atoms with Crippen LogP contribution in [0.4, 0.5) is 0 Å². The molecule has 0 aromatic rings. The molecule has 0 saturated heterocycles. The van der Waals surface area contributed by atoms with Gasteiger partial charge in [0, 0.05) is 13.0 Å². The molecule has 0 radical (unpaired) electrons. The lowest BCUT2D eigenvalue weighted by Crippen LogP contribution is -2.44. The number of hydrogen-bond acceptors (Lipinski definition) is 10. The lowest BCUT2D eigenvalue weighted by Gasteiger charge is -2.09. The summed E-state index contributed by atoms with van der Waals surface area (Å²) in [6, 6.07) is 0. The van der Waals surface area contributed by atoms with Crippen molar-refractivity contribution in [1.29, 1.82) is 0 Å². The maximum atomic E-state index is 11.7. The Labute approximate surface area is 212 Å². The van der Waals surface area contributed by atoms with E-state index in [0.717, 1.165) is 0 Å². The van der Waals surface area contributed by atoms with Crippen molar-refractivity contribution < 1.29 is 42.9 Å². The van der Waals surface area contributed by atoms with Crippen molar-refractivity contribution in [2.24, 2.45) is 5.73 Å². The number of Topliss-reactive ketones (excluding diaryl/α,β-unsaturated/α-hetero) is 1. The number of rotatable bonds is 22. The van der Waals surface area contributed by atoms with Gasteiger partial charge in [-0.05, 0) is 6.92 Å². The van der Waals surface area contributed by atoms with Gasteiger partial charge >= 0.3 is 0 Å². The summed E-state index contributed by atoms with van der Waals surface area (Å²) < 4.78 is 21.0. The van der Waals surface area contributed by atoms with Gasteiger partial charge in [-0.25, -0.2) is 0 Å². The van der Waals surface area contributed by atoms with E-state index in [0.29, 0.717) is 52.8 Å². The summed E-state index contributed by atoms with van der Waals surface area (Å²) in [5.74, 6) is -2.27.